The summed E-state index contributed by atoms with van der Waals surface area (Å²) in [4.78, 5) is 13.4. The van der Waals surface area contributed by atoms with Crippen molar-refractivity contribution in [3.05, 3.63) is 35.1 Å². The van der Waals surface area contributed by atoms with Crippen molar-refractivity contribution in [2.75, 3.05) is 13.1 Å². The van der Waals surface area contributed by atoms with E-state index in [4.69, 9.17) is 5.73 Å². The quantitative estimate of drug-likeness (QED) is 0.656. The van der Waals surface area contributed by atoms with Gasteiger partial charge in [0, 0.05) is 31.6 Å². The predicted molar refractivity (Wildman–Crippen MR) is 78.0 cm³/mol. The van der Waals surface area contributed by atoms with E-state index in [0.717, 1.165) is 0 Å². The van der Waals surface area contributed by atoms with Crippen LogP contribution < -0.4 is 5.73 Å². The lowest BCUT2D eigenvalue weighted by Crippen LogP contribution is -2.44. The zero-order valence-electron chi connectivity index (χ0n) is 13.3. The number of hydrogen-bond donors (Lipinski definition) is 1. The van der Waals surface area contributed by atoms with Crippen LogP contribution in [-0.4, -0.2) is 36.1 Å². The zero-order valence-corrected chi connectivity index (χ0v) is 13.3. The lowest BCUT2D eigenvalue weighted by Gasteiger charge is -2.33. The van der Waals surface area contributed by atoms with Gasteiger partial charge >= 0.3 is 6.18 Å². The van der Waals surface area contributed by atoms with E-state index in [1.165, 1.54) is 4.90 Å². The summed E-state index contributed by atoms with van der Waals surface area (Å²) in [5.41, 5.74) is 5.60. The van der Waals surface area contributed by atoms with Crippen LogP contribution in [0.15, 0.2) is 12.1 Å². The van der Waals surface area contributed by atoms with E-state index in [9.17, 15) is 31.1 Å². The Morgan fingerprint density at radius 3 is 2.24 bits per heavy atom. The van der Waals surface area contributed by atoms with Crippen molar-refractivity contribution in [3.8, 4) is 0 Å². The summed E-state index contributed by atoms with van der Waals surface area (Å²) in [5, 5.41) is 0. The van der Waals surface area contributed by atoms with Gasteiger partial charge in [0.05, 0.1) is 5.92 Å². The molecule has 0 aliphatic carbocycles. The van der Waals surface area contributed by atoms with E-state index in [2.05, 4.69) is 0 Å². The molecule has 1 aliphatic heterocycles. The lowest BCUT2D eigenvalue weighted by atomic mass is 9.95. The number of amides is 1. The lowest BCUT2D eigenvalue weighted by molar-refractivity contribution is -0.186. The van der Waals surface area contributed by atoms with Gasteiger partial charge in [-0.25, -0.2) is 13.2 Å². The molecular weight excluding hydrogens is 350 g/mol. The molecule has 9 heteroatoms. The van der Waals surface area contributed by atoms with Crippen LogP contribution >= 0.6 is 0 Å². The average Bonchev–Trinajstić information content (AvgIpc) is 2.51. The number of hydrogen-bond acceptors (Lipinski definition) is 2. The van der Waals surface area contributed by atoms with Crippen molar-refractivity contribution >= 4 is 5.91 Å². The molecule has 1 atom stereocenters. The molecule has 1 aromatic carbocycles. The summed E-state index contributed by atoms with van der Waals surface area (Å²) in [6.45, 7) is -0.0372. The summed E-state index contributed by atoms with van der Waals surface area (Å²) in [7, 11) is 0. The zero-order chi connectivity index (χ0) is 18.8. The second kappa shape index (κ2) is 7.63. The molecule has 1 heterocycles. The topological polar surface area (TPSA) is 46.3 Å². The Morgan fingerprint density at radius 2 is 1.68 bits per heavy atom. The Balaban J connectivity index is 1.88. The molecule has 1 saturated heterocycles. The summed E-state index contributed by atoms with van der Waals surface area (Å²) < 4.78 is 77.4. The molecule has 1 unspecified atom stereocenters. The first-order chi connectivity index (χ1) is 11.6. The summed E-state index contributed by atoms with van der Waals surface area (Å²) in [6, 6.07) is 0.234. The molecule has 0 bridgehead atoms. The number of carbonyl (C=O) groups is 1. The van der Waals surface area contributed by atoms with Crippen LogP contribution in [-0.2, 0) is 11.2 Å². The number of carbonyl (C=O) groups excluding carboxylic acids is 1. The highest BCUT2D eigenvalue weighted by molar-refractivity contribution is 5.77. The first-order valence-electron chi connectivity index (χ1n) is 7.81. The molecule has 1 aliphatic rings. The molecular formula is C16H18F6N2O. The molecule has 1 amide bonds. The standard InChI is InChI=1S/C16H18F6N2O/c17-12-8-14(19)13(18)6-9(12)5-11(23)7-15(25)24-3-1-10(2-4-24)16(20,21)22/h6,8,10-11H,1-5,7,23H2. The number of halogens is 6. The number of likely N-dealkylation sites (tertiary alicyclic amines) is 1. The normalized spacial score (nSPS) is 17.6. The van der Waals surface area contributed by atoms with Crippen LogP contribution in [0.4, 0.5) is 26.3 Å². The van der Waals surface area contributed by atoms with Gasteiger partial charge < -0.3 is 10.6 Å². The van der Waals surface area contributed by atoms with E-state index in [1.807, 2.05) is 0 Å². The SMILES string of the molecule is NC(CC(=O)N1CCC(C(F)(F)F)CC1)Cc1cc(F)c(F)cc1F. The van der Waals surface area contributed by atoms with Gasteiger partial charge in [-0.1, -0.05) is 0 Å². The third kappa shape index (κ3) is 5.10. The van der Waals surface area contributed by atoms with Gasteiger partial charge in [-0.05, 0) is 30.9 Å². The second-order valence-corrected chi connectivity index (χ2v) is 6.22. The summed E-state index contributed by atoms with van der Waals surface area (Å²) in [5.74, 6) is -5.35. The molecule has 2 N–H and O–H groups in total. The van der Waals surface area contributed by atoms with Crippen molar-refractivity contribution in [1.82, 2.24) is 4.90 Å². The van der Waals surface area contributed by atoms with Crippen LogP contribution in [0.2, 0.25) is 0 Å². The van der Waals surface area contributed by atoms with Crippen molar-refractivity contribution < 1.29 is 31.1 Å². The molecule has 3 nitrogen and oxygen atoms in total. The maximum atomic E-state index is 13.6. The Hall–Kier alpha value is -1.77. The summed E-state index contributed by atoms with van der Waals surface area (Å²) >= 11 is 0. The van der Waals surface area contributed by atoms with Crippen LogP contribution in [0.3, 0.4) is 0 Å². The van der Waals surface area contributed by atoms with Crippen LogP contribution in [0.1, 0.15) is 24.8 Å². The predicted octanol–water partition coefficient (Wildman–Crippen LogP) is 3.16. The van der Waals surface area contributed by atoms with Gasteiger partial charge in [0.25, 0.3) is 0 Å². The molecule has 0 spiro atoms. The molecule has 140 valence electrons. The third-order valence-corrected chi connectivity index (χ3v) is 4.32. The highest BCUT2D eigenvalue weighted by Gasteiger charge is 2.41. The Labute approximate surface area is 140 Å². The first kappa shape index (κ1) is 19.6. The summed E-state index contributed by atoms with van der Waals surface area (Å²) in [6.07, 6.45) is -5.00. The largest absolute Gasteiger partial charge is 0.391 e. The van der Waals surface area contributed by atoms with Gasteiger partial charge in [0.15, 0.2) is 11.6 Å². The third-order valence-electron chi connectivity index (χ3n) is 4.32. The van der Waals surface area contributed by atoms with Crippen LogP contribution in [0, 0.1) is 23.4 Å². The Morgan fingerprint density at radius 1 is 1.12 bits per heavy atom. The van der Waals surface area contributed by atoms with Crippen molar-refractivity contribution in [1.29, 1.82) is 0 Å². The van der Waals surface area contributed by atoms with Gasteiger partial charge in [-0.3, -0.25) is 4.79 Å². The molecule has 25 heavy (non-hydrogen) atoms. The fraction of sp³-hybridized carbons (Fsp3) is 0.562. The monoisotopic (exact) mass is 368 g/mol. The minimum absolute atomic E-state index is 0.0186. The van der Waals surface area contributed by atoms with Gasteiger partial charge in [0.2, 0.25) is 5.91 Å². The number of nitrogens with two attached hydrogens (primary N) is 1. The van der Waals surface area contributed by atoms with Gasteiger partial charge in [0.1, 0.15) is 5.82 Å². The average molecular weight is 368 g/mol. The van der Waals surface area contributed by atoms with E-state index >= 15 is 0 Å². The maximum Gasteiger partial charge on any atom is 0.391 e. The number of nitrogens with zero attached hydrogens (tertiary/aromatic N) is 1. The molecule has 2 rings (SSSR count). The number of benzene rings is 1. The van der Waals surface area contributed by atoms with E-state index in [1.54, 1.807) is 0 Å². The highest BCUT2D eigenvalue weighted by Crippen LogP contribution is 2.34. The maximum absolute atomic E-state index is 13.6. The molecule has 0 radical (unpaired) electrons. The Kier molecular flexibility index (Phi) is 5.97. The second-order valence-electron chi connectivity index (χ2n) is 6.22. The van der Waals surface area contributed by atoms with E-state index < -0.39 is 41.5 Å². The van der Waals surface area contributed by atoms with Crippen molar-refractivity contribution in [2.45, 2.75) is 37.9 Å². The minimum atomic E-state index is -4.27. The van der Waals surface area contributed by atoms with E-state index in [-0.39, 0.29) is 44.3 Å². The fourth-order valence-corrected chi connectivity index (χ4v) is 2.88. The van der Waals surface area contributed by atoms with Gasteiger partial charge in [-0.15, -0.1) is 0 Å². The number of piperidine rings is 1. The van der Waals surface area contributed by atoms with Crippen LogP contribution in [0.5, 0.6) is 0 Å². The first-order valence-corrected chi connectivity index (χ1v) is 7.81. The molecule has 0 saturated carbocycles. The van der Waals surface area contributed by atoms with Crippen LogP contribution in [0.25, 0.3) is 0 Å². The Bertz CT molecular complexity index is 626. The van der Waals surface area contributed by atoms with E-state index in [0.29, 0.717) is 12.1 Å². The van der Waals surface area contributed by atoms with Gasteiger partial charge in [-0.2, -0.15) is 13.2 Å². The highest BCUT2D eigenvalue weighted by atomic mass is 19.4. The van der Waals surface area contributed by atoms with Crippen molar-refractivity contribution in [2.24, 2.45) is 11.7 Å². The van der Waals surface area contributed by atoms with Crippen molar-refractivity contribution in [3.63, 3.8) is 0 Å². The molecule has 1 aromatic rings. The number of rotatable bonds is 4. The molecule has 0 aromatic heterocycles. The fourth-order valence-electron chi connectivity index (χ4n) is 2.88. The smallest absolute Gasteiger partial charge is 0.343 e. The minimum Gasteiger partial charge on any atom is -0.343 e. The molecule has 1 fully saturated rings. The number of alkyl halides is 3.